The fourth-order valence-electron chi connectivity index (χ4n) is 1.80. The van der Waals surface area contributed by atoms with Crippen molar-refractivity contribution in [2.24, 2.45) is 0 Å². The second-order valence-electron chi connectivity index (χ2n) is 4.56. The molecule has 0 spiro atoms. The molecule has 110 valence electrons. The highest BCUT2D eigenvalue weighted by Gasteiger charge is 2.14. The standard InChI is InChI=1S/C16H17FN2O2/c1-11(18-15-6-4-3-5-14(15)17)16(20)19-12-7-9-13(21-2)10-8-12/h3-11,18H,1-2H3,(H,19,20)/t11-/m1/s1. The normalized spacial score (nSPS) is 11.6. The van der Waals surface area contributed by atoms with Crippen LogP contribution in [0, 0.1) is 5.82 Å². The molecular weight excluding hydrogens is 271 g/mol. The Morgan fingerprint density at radius 3 is 2.43 bits per heavy atom. The summed E-state index contributed by atoms with van der Waals surface area (Å²) in [5, 5.41) is 5.59. The first-order valence-electron chi connectivity index (χ1n) is 6.56. The molecule has 2 rings (SSSR count). The van der Waals surface area contributed by atoms with Gasteiger partial charge in [-0.15, -0.1) is 0 Å². The number of nitrogens with one attached hydrogen (secondary N) is 2. The molecule has 2 aromatic carbocycles. The number of hydrogen-bond acceptors (Lipinski definition) is 3. The Kier molecular flexibility index (Phi) is 4.77. The molecule has 2 N–H and O–H groups in total. The fraction of sp³-hybridized carbons (Fsp3) is 0.188. The van der Waals surface area contributed by atoms with Crippen LogP contribution >= 0.6 is 0 Å². The zero-order valence-corrected chi connectivity index (χ0v) is 11.9. The zero-order chi connectivity index (χ0) is 15.2. The van der Waals surface area contributed by atoms with E-state index in [-0.39, 0.29) is 11.7 Å². The van der Waals surface area contributed by atoms with Gasteiger partial charge in [0.05, 0.1) is 12.8 Å². The van der Waals surface area contributed by atoms with Gasteiger partial charge >= 0.3 is 0 Å². The van der Waals surface area contributed by atoms with Crippen LogP contribution in [0.4, 0.5) is 15.8 Å². The van der Waals surface area contributed by atoms with Crippen molar-refractivity contribution in [1.29, 1.82) is 0 Å². The van der Waals surface area contributed by atoms with Crippen LogP contribution in [0.2, 0.25) is 0 Å². The SMILES string of the molecule is COc1ccc(NC(=O)[C@@H](C)Nc2ccccc2F)cc1. The Bertz CT molecular complexity index is 614. The summed E-state index contributed by atoms with van der Waals surface area (Å²) >= 11 is 0. The number of para-hydroxylation sites is 1. The monoisotopic (exact) mass is 288 g/mol. The summed E-state index contributed by atoms with van der Waals surface area (Å²) in [5.41, 5.74) is 0.956. The minimum atomic E-state index is -0.566. The fourth-order valence-corrected chi connectivity index (χ4v) is 1.80. The van der Waals surface area contributed by atoms with Crippen molar-refractivity contribution in [3.05, 3.63) is 54.3 Å². The van der Waals surface area contributed by atoms with E-state index in [1.807, 2.05) is 0 Å². The summed E-state index contributed by atoms with van der Waals surface area (Å²) in [6, 6.07) is 12.7. The lowest BCUT2D eigenvalue weighted by molar-refractivity contribution is -0.116. The van der Waals surface area contributed by atoms with Crippen molar-refractivity contribution >= 4 is 17.3 Å². The third-order valence-corrected chi connectivity index (χ3v) is 3.00. The average molecular weight is 288 g/mol. The third-order valence-electron chi connectivity index (χ3n) is 3.00. The van der Waals surface area contributed by atoms with Gasteiger partial charge in [0.25, 0.3) is 0 Å². The van der Waals surface area contributed by atoms with E-state index < -0.39 is 6.04 Å². The highest BCUT2D eigenvalue weighted by molar-refractivity contribution is 5.96. The molecule has 0 aliphatic heterocycles. The van der Waals surface area contributed by atoms with Crippen molar-refractivity contribution in [3.8, 4) is 5.75 Å². The molecule has 0 radical (unpaired) electrons. The molecular formula is C16H17FN2O2. The van der Waals surface area contributed by atoms with Gasteiger partial charge in [-0.1, -0.05) is 12.1 Å². The largest absolute Gasteiger partial charge is 0.497 e. The smallest absolute Gasteiger partial charge is 0.246 e. The highest BCUT2D eigenvalue weighted by Crippen LogP contribution is 2.17. The average Bonchev–Trinajstić information content (AvgIpc) is 2.50. The molecule has 0 aliphatic rings. The van der Waals surface area contributed by atoms with E-state index >= 15 is 0 Å². The zero-order valence-electron chi connectivity index (χ0n) is 11.9. The first-order chi connectivity index (χ1) is 10.1. The van der Waals surface area contributed by atoms with Gasteiger partial charge in [0.1, 0.15) is 17.6 Å². The van der Waals surface area contributed by atoms with E-state index in [4.69, 9.17) is 4.74 Å². The minimum absolute atomic E-state index is 0.247. The lowest BCUT2D eigenvalue weighted by Crippen LogP contribution is -2.32. The molecule has 0 aromatic heterocycles. The maximum absolute atomic E-state index is 13.5. The predicted molar refractivity (Wildman–Crippen MR) is 81.1 cm³/mol. The van der Waals surface area contributed by atoms with Gasteiger partial charge in [-0.3, -0.25) is 4.79 Å². The summed E-state index contributed by atoms with van der Waals surface area (Å²) in [6.07, 6.45) is 0. The quantitative estimate of drug-likeness (QED) is 0.887. The van der Waals surface area contributed by atoms with E-state index in [0.29, 0.717) is 17.1 Å². The molecule has 0 aliphatic carbocycles. The van der Waals surface area contributed by atoms with E-state index in [2.05, 4.69) is 10.6 Å². The van der Waals surface area contributed by atoms with Gasteiger partial charge in [-0.05, 0) is 43.3 Å². The van der Waals surface area contributed by atoms with Crippen molar-refractivity contribution < 1.29 is 13.9 Å². The lowest BCUT2D eigenvalue weighted by atomic mass is 10.2. The summed E-state index contributed by atoms with van der Waals surface area (Å²) in [4.78, 5) is 12.1. The van der Waals surface area contributed by atoms with E-state index in [9.17, 15) is 9.18 Å². The maximum atomic E-state index is 13.5. The topological polar surface area (TPSA) is 50.4 Å². The number of hydrogen-bond donors (Lipinski definition) is 2. The number of methoxy groups -OCH3 is 1. The Balaban J connectivity index is 1.97. The van der Waals surface area contributed by atoms with Crippen LogP contribution in [-0.2, 0) is 4.79 Å². The van der Waals surface area contributed by atoms with Crippen molar-refractivity contribution in [3.63, 3.8) is 0 Å². The van der Waals surface area contributed by atoms with Gasteiger partial charge in [-0.25, -0.2) is 4.39 Å². The maximum Gasteiger partial charge on any atom is 0.246 e. The molecule has 1 amide bonds. The summed E-state index contributed by atoms with van der Waals surface area (Å²) in [5.74, 6) is 0.0792. The molecule has 0 saturated carbocycles. The molecule has 4 nitrogen and oxygen atoms in total. The number of anilines is 2. The number of carbonyl (C=O) groups is 1. The number of benzene rings is 2. The molecule has 21 heavy (non-hydrogen) atoms. The van der Waals surface area contributed by atoms with Crippen molar-refractivity contribution in [1.82, 2.24) is 0 Å². The van der Waals surface area contributed by atoms with Crippen LogP contribution in [0.15, 0.2) is 48.5 Å². The van der Waals surface area contributed by atoms with Crippen LogP contribution in [0.1, 0.15) is 6.92 Å². The van der Waals surface area contributed by atoms with Crippen LogP contribution < -0.4 is 15.4 Å². The first-order valence-corrected chi connectivity index (χ1v) is 6.56. The molecule has 0 bridgehead atoms. The van der Waals surface area contributed by atoms with E-state index in [1.165, 1.54) is 6.07 Å². The van der Waals surface area contributed by atoms with Crippen LogP contribution in [0.25, 0.3) is 0 Å². The van der Waals surface area contributed by atoms with Crippen molar-refractivity contribution in [2.75, 3.05) is 17.7 Å². The van der Waals surface area contributed by atoms with Gasteiger partial charge < -0.3 is 15.4 Å². The molecule has 0 heterocycles. The van der Waals surface area contributed by atoms with Gasteiger partial charge in [0.15, 0.2) is 0 Å². The Morgan fingerprint density at radius 1 is 1.14 bits per heavy atom. The predicted octanol–water partition coefficient (Wildman–Crippen LogP) is 3.27. The first kappa shape index (κ1) is 14.8. The Labute approximate surface area is 122 Å². The number of amides is 1. The van der Waals surface area contributed by atoms with Gasteiger partial charge in [0.2, 0.25) is 5.91 Å². The lowest BCUT2D eigenvalue weighted by Gasteiger charge is -2.15. The minimum Gasteiger partial charge on any atom is -0.497 e. The van der Waals surface area contributed by atoms with Gasteiger partial charge in [0, 0.05) is 5.69 Å². The second kappa shape index (κ2) is 6.74. The molecule has 0 fully saturated rings. The summed E-state index contributed by atoms with van der Waals surface area (Å²) in [6.45, 7) is 1.67. The molecule has 0 saturated heterocycles. The second-order valence-corrected chi connectivity index (χ2v) is 4.56. The molecule has 5 heteroatoms. The molecule has 1 atom stereocenters. The number of halogens is 1. The number of carbonyl (C=O) groups excluding carboxylic acids is 1. The Hall–Kier alpha value is -2.56. The number of rotatable bonds is 5. The van der Waals surface area contributed by atoms with Gasteiger partial charge in [-0.2, -0.15) is 0 Å². The summed E-state index contributed by atoms with van der Waals surface area (Å²) < 4.78 is 18.6. The van der Waals surface area contributed by atoms with Crippen LogP contribution in [0.3, 0.4) is 0 Å². The van der Waals surface area contributed by atoms with Crippen molar-refractivity contribution in [2.45, 2.75) is 13.0 Å². The summed E-state index contributed by atoms with van der Waals surface area (Å²) in [7, 11) is 1.58. The Morgan fingerprint density at radius 2 is 1.81 bits per heavy atom. The third kappa shape index (κ3) is 3.95. The van der Waals surface area contributed by atoms with E-state index in [0.717, 1.165) is 0 Å². The van der Waals surface area contributed by atoms with Crippen LogP contribution in [0.5, 0.6) is 5.75 Å². The highest BCUT2D eigenvalue weighted by atomic mass is 19.1. The molecule has 0 unspecified atom stereocenters. The van der Waals surface area contributed by atoms with Crippen LogP contribution in [-0.4, -0.2) is 19.1 Å². The number of ether oxygens (including phenoxy) is 1. The molecule has 2 aromatic rings. The van der Waals surface area contributed by atoms with E-state index in [1.54, 1.807) is 56.5 Å².